The Kier molecular flexibility index (Phi) is 5.27. The Morgan fingerprint density at radius 1 is 1.33 bits per heavy atom. The van der Waals surface area contributed by atoms with E-state index in [-0.39, 0.29) is 5.91 Å². The number of thiazole rings is 1. The summed E-state index contributed by atoms with van der Waals surface area (Å²) in [7, 11) is 0. The lowest BCUT2D eigenvalue weighted by molar-refractivity contribution is 0.102. The van der Waals surface area contributed by atoms with Crippen LogP contribution in [0, 0.1) is 13.8 Å². The molecule has 0 aliphatic heterocycles. The van der Waals surface area contributed by atoms with Crippen LogP contribution in [0.3, 0.4) is 0 Å². The van der Waals surface area contributed by atoms with E-state index in [2.05, 4.69) is 26.0 Å². The van der Waals surface area contributed by atoms with Gasteiger partial charge in [0.15, 0.2) is 4.34 Å². The van der Waals surface area contributed by atoms with Crippen molar-refractivity contribution in [1.82, 2.24) is 14.6 Å². The standard InChI is InChI=1S/C16H16N4OS3/c1-4-12-14(24-20-19-12)15(21)18-13-6-5-11(7-9(13)2)23-16-17-10(3)8-22-16/h5-8H,4H2,1-3H3,(H,18,21). The maximum Gasteiger partial charge on any atom is 0.269 e. The molecule has 0 saturated heterocycles. The second-order valence-corrected chi connectivity index (χ2v) is 8.12. The zero-order chi connectivity index (χ0) is 17.1. The second kappa shape index (κ2) is 7.42. The minimum absolute atomic E-state index is 0.152. The van der Waals surface area contributed by atoms with Crippen molar-refractivity contribution in [2.45, 2.75) is 36.4 Å². The van der Waals surface area contributed by atoms with Gasteiger partial charge in [-0.2, -0.15) is 0 Å². The molecular formula is C16H16N4OS3. The Labute approximate surface area is 152 Å². The number of nitrogens with zero attached hydrogens (tertiary/aromatic N) is 3. The molecule has 0 spiro atoms. The van der Waals surface area contributed by atoms with Gasteiger partial charge in [0, 0.05) is 21.7 Å². The van der Waals surface area contributed by atoms with Crippen LogP contribution in [0.15, 0.2) is 32.8 Å². The van der Waals surface area contributed by atoms with E-state index in [4.69, 9.17) is 0 Å². The van der Waals surface area contributed by atoms with Crippen molar-refractivity contribution >= 4 is 46.2 Å². The van der Waals surface area contributed by atoms with Crippen molar-refractivity contribution in [3.8, 4) is 0 Å². The molecule has 3 rings (SSSR count). The molecule has 0 radical (unpaired) electrons. The van der Waals surface area contributed by atoms with Crippen LogP contribution in [0.2, 0.25) is 0 Å². The molecule has 24 heavy (non-hydrogen) atoms. The first-order chi connectivity index (χ1) is 11.6. The lowest BCUT2D eigenvalue weighted by Gasteiger charge is -2.09. The van der Waals surface area contributed by atoms with Crippen LogP contribution in [0.25, 0.3) is 0 Å². The van der Waals surface area contributed by atoms with Crippen LogP contribution in [0.4, 0.5) is 5.69 Å². The molecule has 3 aromatic rings. The monoisotopic (exact) mass is 376 g/mol. The molecule has 0 aliphatic rings. The minimum Gasteiger partial charge on any atom is -0.321 e. The molecule has 1 amide bonds. The minimum atomic E-state index is -0.152. The fourth-order valence-electron chi connectivity index (χ4n) is 2.11. The molecule has 0 saturated carbocycles. The largest absolute Gasteiger partial charge is 0.321 e. The maximum atomic E-state index is 12.4. The van der Waals surface area contributed by atoms with Gasteiger partial charge in [-0.15, -0.1) is 16.4 Å². The van der Waals surface area contributed by atoms with Crippen LogP contribution in [0.1, 0.15) is 33.5 Å². The highest BCUT2D eigenvalue weighted by Gasteiger charge is 2.16. The van der Waals surface area contributed by atoms with Crippen molar-refractivity contribution in [1.29, 1.82) is 0 Å². The molecule has 0 bridgehead atoms. The van der Waals surface area contributed by atoms with E-state index in [1.54, 1.807) is 23.1 Å². The molecule has 1 N–H and O–H groups in total. The van der Waals surface area contributed by atoms with Crippen LogP contribution in [-0.2, 0) is 6.42 Å². The fraction of sp³-hybridized carbons (Fsp3) is 0.250. The van der Waals surface area contributed by atoms with Crippen LogP contribution in [0.5, 0.6) is 0 Å². The van der Waals surface area contributed by atoms with Gasteiger partial charge in [0.1, 0.15) is 4.88 Å². The number of rotatable bonds is 5. The highest BCUT2D eigenvalue weighted by Crippen LogP contribution is 2.32. The Hall–Kier alpha value is -1.77. The summed E-state index contributed by atoms with van der Waals surface area (Å²) in [4.78, 5) is 18.5. The van der Waals surface area contributed by atoms with E-state index in [1.165, 1.54) is 0 Å². The van der Waals surface area contributed by atoms with E-state index in [9.17, 15) is 4.79 Å². The molecule has 0 fully saturated rings. The van der Waals surface area contributed by atoms with E-state index >= 15 is 0 Å². The Bertz CT molecular complexity index is 872. The fourth-order valence-corrected chi connectivity index (χ4v) is 4.67. The van der Waals surface area contributed by atoms with Crippen molar-refractivity contribution in [2.75, 3.05) is 5.32 Å². The lowest BCUT2D eigenvalue weighted by Crippen LogP contribution is -2.13. The number of carbonyl (C=O) groups excluding carboxylic acids is 1. The number of hydrogen-bond acceptors (Lipinski definition) is 7. The maximum absolute atomic E-state index is 12.4. The normalized spacial score (nSPS) is 10.8. The molecule has 2 heterocycles. The molecule has 0 aliphatic carbocycles. The summed E-state index contributed by atoms with van der Waals surface area (Å²) in [6.45, 7) is 5.94. The first-order valence-electron chi connectivity index (χ1n) is 7.40. The predicted octanol–water partition coefficient (Wildman–Crippen LogP) is 4.58. The number of amides is 1. The molecule has 1 aromatic carbocycles. The first-order valence-corrected chi connectivity index (χ1v) is 9.87. The first kappa shape index (κ1) is 17.1. The summed E-state index contributed by atoms with van der Waals surface area (Å²) in [6.07, 6.45) is 0.695. The van der Waals surface area contributed by atoms with Gasteiger partial charge < -0.3 is 5.32 Å². The Morgan fingerprint density at radius 2 is 2.17 bits per heavy atom. The van der Waals surface area contributed by atoms with Gasteiger partial charge in [-0.1, -0.05) is 23.2 Å². The smallest absolute Gasteiger partial charge is 0.269 e. The van der Waals surface area contributed by atoms with E-state index in [0.29, 0.717) is 11.3 Å². The summed E-state index contributed by atoms with van der Waals surface area (Å²) in [5.74, 6) is -0.152. The van der Waals surface area contributed by atoms with Gasteiger partial charge in [0.05, 0.1) is 5.69 Å². The predicted molar refractivity (Wildman–Crippen MR) is 99.4 cm³/mol. The van der Waals surface area contributed by atoms with Crippen molar-refractivity contribution < 1.29 is 4.79 Å². The number of carbonyl (C=O) groups is 1. The van der Waals surface area contributed by atoms with Gasteiger partial charge in [-0.05, 0) is 55.6 Å². The molecular weight excluding hydrogens is 360 g/mol. The Morgan fingerprint density at radius 3 is 2.83 bits per heavy atom. The zero-order valence-corrected chi connectivity index (χ0v) is 15.9. The van der Waals surface area contributed by atoms with Gasteiger partial charge in [0.25, 0.3) is 5.91 Å². The summed E-state index contributed by atoms with van der Waals surface area (Å²) < 4.78 is 4.88. The van der Waals surface area contributed by atoms with Crippen molar-refractivity contribution in [3.63, 3.8) is 0 Å². The van der Waals surface area contributed by atoms with Crippen LogP contribution < -0.4 is 5.32 Å². The van der Waals surface area contributed by atoms with Crippen molar-refractivity contribution in [2.24, 2.45) is 0 Å². The van der Waals surface area contributed by atoms with E-state index in [0.717, 1.165) is 43.4 Å². The van der Waals surface area contributed by atoms with Crippen LogP contribution >= 0.6 is 34.6 Å². The van der Waals surface area contributed by atoms with Gasteiger partial charge in [-0.3, -0.25) is 4.79 Å². The quantitative estimate of drug-likeness (QED) is 0.706. The van der Waals surface area contributed by atoms with Gasteiger partial charge in [0.2, 0.25) is 0 Å². The topological polar surface area (TPSA) is 67.8 Å². The van der Waals surface area contributed by atoms with Gasteiger partial charge in [-0.25, -0.2) is 4.98 Å². The van der Waals surface area contributed by atoms with Crippen molar-refractivity contribution in [3.05, 3.63) is 45.4 Å². The zero-order valence-electron chi connectivity index (χ0n) is 13.5. The summed E-state index contributed by atoms with van der Waals surface area (Å²) in [5.41, 5.74) is 3.58. The average Bonchev–Trinajstić information content (AvgIpc) is 3.18. The third-order valence-corrected chi connectivity index (χ3v) is 6.16. The molecule has 0 atom stereocenters. The number of benzene rings is 1. The van der Waals surface area contributed by atoms with Gasteiger partial charge >= 0.3 is 0 Å². The lowest BCUT2D eigenvalue weighted by atomic mass is 10.2. The third-order valence-electron chi connectivity index (χ3n) is 3.35. The number of aromatic nitrogens is 3. The Balaban J connectivity index is 1.74. The molecule has 0 unspecified atom stereocenters. The highest BCUT2D eigenvalue weighted by molar-refractivity contribution is 8.01. The number of anilines is 1. The molecule has 2 aromatic heterocycles. The number of nitrogens with one attached hydrogen (secondary N) is 1. The molecule has 124 valence electrons. The summed E-state index contributed by atoms with van der Waals surface area (Å²) in [6, 6.07) is 5.98. The molecule has 5 nitrogen and oxygen atoms in total. The average molecular weight is 377 g/mol. The molecule has 8 heteroatoms. The third kappa shape index (κ3) is 3.82. The van der Waals surface area contributed by atoms with E-state index < -0.39 is 0 Å². The number of aryl methyl sites for hydroxylation is 3. The van der Waals surface area contributed by atoms with Crippen LogP contribution in [-0.4, -0.2) is 20.5 Å². The second-order valence-electron chi connectivity index (χ2n) is 5.19. The summed E-state index contributed by atoms with van der Waals surface area (Å²) in [5, 5.41) is 8.97. The summed E-state index contributed by atoms with van der Waals surface area (Å²) >= 11 is 4.40. The van der Waals surface area contributed by atoms with E-state index in [1.807, 2.05) is 38.3 Å². The highest BCUT2D eigenvalue weighted by atomic mass is 32.2. The number of hydrogen-bond donors (Lipinski definition) is 1. The SMILES string of the molecule is CCc1nnsc1C(=O)Nc1ccc(Sc2nc(C)cs2)cc1C.